The molecule has 0 N–H and O–H groups in total. The Morgan fingerprint density at radius 2 is 1.68 bits per heavy atom. The third kappa shape index (κ3) is 5.29. The van der Waals surface area contributed by atoms with Crippen LogP contribution in [-0.4, -0.2) is 13.9 Å². The third-order valence-electron chi connectivity index (χ3n) is 3.50. The Morgan fingerprint density at radius 1 is 1.11 bits per heavy atom. The first-order chi connectivity index (χ1) is 9.31. The molecule has 0 amide bonds. The van der Waals surface area contributed by atoms with Gasteiger partial charge in [0.1, 0.15) is 12.5 Å². The van der Waals surface area contributed by atoms with Gasteiger partial charge >= 0.3 is 0 Å². The van der Waals surface area contributed by atoms with Crippen LogP contribution in [0.25, 0.3) is 0 Å². The molecule has 1 aliphatic carbocycles. The summed E-state index contributed by atoms with van der Waals surface area (Å²) < 4.78 is 5.29. The van der Waals surface area contributed by atoms with Crippen molar-refractivity contribution in [1.82, 2.24) is 0 Å². The molecule has 0 spiro atoms. The molecule has 1 aromatic carbocycles. The molecule has 2 nitrogen and oxygen atoms in total. The maximum Gasteiger partial charge on any atom is 0.121 e. The van der Waals surface area contributed by atoms with E-state index >= 15 is 0 Å². The predicted octanol–water partition coefficient (Wildman–Crippen LogP) is 4.67. The van der Waals surface area contributed by atoms with Gasteiger partial charge in [-0.3, -0.25) is 0 Å². The monoisotopic (exact) mass is 262 g/mol. The second kappa shape index (κ2) is 10.4. The molecule has 0 saturated heterocycles. The van der Waals surface area contributed by atoms with Crippen molar-refractivity contribution < 1.29 is 9.53 Å². The molecule has 2 heteroatoms. The van der Waals surface area contributed by atoms with Crippen LogP contribution in [0.2, 0.25) is 0 Å². The molecular formula is C17H26O2. The largest absolute Gasteiger partial charge is 0.496 e. The SMILES string of the molecule is C=C.C=O.COc1ccc(C2CCCCC2)cc1C. The fraction of sp³-hybridized carbons (Fsp3) is 0.471. The first-order valence-corrected chi connectivity index (χ1v) is 6.74. The summed E-state index contributed by atoms with van der Waals surface area (Å²) in [6.45, 7) is 10.1. The maximum atomic E-state index is 8.00. The van der Waals surface area contributed by atoms with Gasteiger partial charge < -0.3 is 9.53 Å². The number of hydrogen-bond acceptors (Lipinski definition) is 2. The van der Waals surface area contributed by atoms with Crippen LogP contribution in [0.15, 0.2) is 31.4 Å². The van der Waals surface area contributed by atoms with Crippen molar-refractivity contribution in [3.8, 4) is 5.75 Å². The van der Waals surface area contributed by atoms with Crippen molar-refractivity contribution in [1.29, 1.82) is 0 Å². The van der Waals surface area contributed by atoms with Crippen molar-refractivity contribution >= 4 is 6.79 Å². The predicted molar refractivity (Wildman–Crippen MR) is 81.9 cm³/mol. The van der Waals surface area contributed by atoms with Crippen LogP contribution in [-0.2, 0) is 4.79 Å². The van der Waals surface area contributed by atoms with E-state index in [1.54, 1.807) is 7.11 Å². The third-order valence-corrected chi connectivity index (χ3v) is 3.50. The maximum absolute atomic E-state index is 8.00. The van der Waals surface area contributed by atoms with E-state index in [0.717, 1.165) is 11.7 Å². The molecule has 2 rings (SSSR count). The molecule has 106 valence electrons. The Morgan fingerprint density at radius 3 is 2.16 bits per heavy atom. The van der Waals surface area contributed by atoms with Gasteiger partial charge in [0.25, 0.3) is 0 Å². The van der Waals surface area contributed by atoms with Gasteiger partial charge in [-0.1, -0.05) is 31.4 Å². The lowest BCUT2D eigenvalue weighted by Gasteiger charge is -2.22. The van der Waals surface area contributed by atoms with Gasteiger partial charge in [-0.2, -0.15) is 0 Å². The topological polar surface area (TPSA) is 26.3 Å². The minimum Gasteiger partial charge on any atom is -0.496 e. The molecule has 0 atom stereocenters. The second-order valence-electron chi connectivity index (χ2n) is 4.56. The van der Waals surface area contributed by atoms with E-state index in [0.29, 0.717) is 0 Å². The first-order valence-electron chi connectivity index (χ1n) is 6.74. The number of hydrogen-bond donors (Lipinski definition) is 0. The first kappa shape index (κ1) is 17.4. The highest BCUT2D eigenvalue weighted by molar-refractivity contribution is 5.37. The summed E-state index contributed by atoms with van der Waals surface area (Å²) in [4.78, 5) is 8.00. The minimum atomic E-state index is 0.795. The van der Waals surface area contributed by atoms with Gasteiger partial charge in [-0.15, -0.1) is 13.2 Å². The number of aryl methyl sites for hydroxylation is 1. The van der Waals surface area contributed by atoms with Gasteiger partial charge in [0.15, 0.2) is 0 Å². The van der Waals surface area contributed by atoms with E-state index in [4.69, 9.17) is 9.53 Å². The van der Waals surface area contributed by atoms with Crippen LogP contribution < -0.4 is 4.74 Å². The molecule has 1 aliphatic rings. The van der Waals surface area contributed by atoms with Gasteiger partial charge in [-0.05, 0) is 42.9 Å². The van der Waals surface area contributed by atoms with E-state index in [1.165, 1.54) is 43.2 Å². The molecule has 1 fully saturated rings. The molecule has 0 bridgehead atoms. The summed E-state index contributed by atoms with van der Waals surface area (Å²) in [5.41, 5.74) is 2.77. The van der Waals surface area contributed by atoms with Crippen molar-refractivity contribution in [3.05, 3.63) is 42.5 Å². The number of rotatable bonds is 2. The van der Waals surface area contributed by atoms with Crippen LogP contribution in [0.5, 0.6) is 5.75 Å². The lowest BCUT2D eigenvalue weighted by Crippen LogP contribution is -2.04. The Balaban J connectivity index is 0.000000741. The average Bonchev–Trinajstić information content (AvgIpc) is 2.52. The zero-order valence-corrected chi connectivity index (χ0v) is 12.3. The number of ether oxygens (including phenoxy) is 1. The van der Waals surface area contributed by atoms with Crippen LogP contribution in [0.4, 0.5) is 0 Å². The zero-order valence-electron chi connectivity index (χ0n) is 12.3. The number of carbonyl (C=O) groups is 1. The van der Waals surface area contributed by atoms with Crippen molar-refractivity contribution in [2.45, 2.75) is 44.9 Å². The van der Waals surface area contributed by atoms with Gasteiger partial charge in [0, 0.05) is 0 Å². The lowest BCUT2D eigenvalue weighted by molar-refractivity contribution is -0.0979. The minimum absolute atomic E-state index is 0.795. The Labute approximate surface area is 117 Å². The molecule has 1 saturated carbocycles. The molecule has 0 heterocycles. The summed E-state index contributed by atoms with van der Waals surface area (Å²) in [5, 5.41) is 0. The van der Waals surface area contributed by atoms with Crippen LogP contribution in [0.3, 0.4) is 0 Å². The highest BCUT2D eigenvalue weighted by Gasteiger charge is 2.15. The van der Waals surface area contributed by atoms with Gasteiger partial charge in [0.2, 0.25) is 0 Å². The number of benzene rings is 1. The van der Waals surface area contributed by atoms with Crippen LogP contribution in [0.1, 0.15) is 49.1 Å². The number of methoxy groups -OCH3 is 1. The number of carbonyl (C=O) groups excluding carboxylic acids is 1. The molecular weight excluding hydrogens is 236 g/mol. The lowest BCUT2D eigenvalue weighted by atomic mass is 9.83. The van der Waals surface area contributed by atoms with E-state index < -0.39 is 0 Å². The Bertz CT molecular complexity index is 352. The highest BCUT2D eigenvalue weighted by atomic mass is 16.5. The van der Waals surface area contributed by atoms with Crippen molar-refractivity contribution in [2.75, 3.05) is 7.11 Å². The molecule has 0 radical (unpaired) electrons. The van der Waals surface area contributed by atoms with Crippen molar-refractivity contribution in [3.63, 3.8) is 0 Å². The second-order valence-corrected chi connectivity index (χ2v) is 4.56. The van der Waals surface area contributed by atoms with Crippen molar-refractivity contribution in [2.24, 2.45) is 0 Å². The van der Waals surface area contributed by atoms with Crippen LogP contribution in [0, 0.1) is 6.92 Å². The van der Waals surface area contributed by atoms with Crippen LogP contribution >= 0.6 is 0 Å². The smallest absolute Gasteiger partial charge is 0.121 e. The normalized spacial score (nSPS) is 14.4. The Hall–Kier alpha value is -1.57. The Kier molecular flexibility index (Phi) is 9.51. The molecule has 0 aliphatic heterocycles. The average molecular weight is 262 g/mol. The van der Waals surface area contributed by atoms with E-state index in [2.05, 4.69) is 38.3 Å². The fourth-order valence-corrected chi connectivity index (χ4v) is 2.59. The summed E-state index contributed by atoms with van der Waals surface area (Å²) in [5.74, 6) is 1.80. The quantitative estimate of drug-likeness (QED) is 0.724. The van der Waals surface area contributed by atoms with E-state index in [1.807, 2.05) is 6.79 Å². The van der Waals surface area contributed by atoms with Gasteiger partial charge in [-0.25, -0.2) is 0 Å². The zero-order chi connectivity index (χ0) is 14.7. The summed E-state index contributed by atoms with van der Waals surface area (Å²) in [6, 6.07) is 6.65. The summed E-state index contributed by atoms with van der Waals surface area (Å²) in [6.07, 6.45) is 6.95. The standard InChI is InChI=1S/C14H20O.C2H4.CH2O/c1-11-10-13(8-9-14(11)15-2)12-6-4-3-5-7-12;2*1-2/h8-10,12H,3-7H2,1-2H3;1-2H2;1H2. The molecule has 0 unspecified atom stereocenters. The van der Waals surface area contributed by atoms with E-state index in [-0.39, 0.29) is 0 Å². The van der Waals surface area contributed by atoms with Gasteiger partial charge in [0.05, 0.1) is 7.11 Å². The molecule has 19 heavy (non-hydrogen) atoms. The molecule has 1 aromatic rings. The van der Waals surface area contributed by atoms with E-state index in [9.17, 15) is 0 Å². The summed E-state index contributed by atoms with van der Waals surface area (Å²) in [7, 11) is 1.74. The summed E-state index contributed by atoms with van der Waals surface area (Å²) >= 11 is 0. The molecule has 0 aromatic heterocycles. The fourth-order valence-electron chi connectivity index (χ4n) is 2.59. The highest BCUT2D eigenvalue weighted by Crippen LogP contribution is 2.34.